The number of H-pyrrole nitrogens is 1. The summed E-state index contributed by atoms with van der Waals surface area (Å²) < 4.78 is 5.55. The lowest BCUT2D eigenvalue weighted by molar-refractivity contribution is 0.340. The van der Waals surface area contributed by atoms with Crippen molar-refractivity contribution in [1.82, 2.24) is 4.98 Å². The molecule has 1 atom stereocenters. The molecule has 0 spiro atoms. The Balaban J connectivity index is 2.56. The first-order valence-corrected chi connectivity index (χ1v) is 6.12. The Bertz CT molecular complexity index is 516. The Morgan fingerprint density at radius 1 is 1.41 bits per heavy atom. The first-order chi connectivity index (χ1) is 8.17. The molecule has 1 heterocycles. The van der Waals surface area contributed by atoms with Crippen LogP contribution in [0.1, 0.15) is 31.0 Å². The van der Waals surface area contributed by atoms with Gasteiger partial charge in [-0.15, -0.1) is 0 Å². The number of rotatable bonds is 4. The average molecular weight is 232 g/mol. The lowest BCUT2D eigenvalue weighted by atomic mass is 9.98. The number of benzene rings is 1. The molecule has 1 aromatic heterocycles. The van der Waals surface area contributed by atoms with Gasteiger partial charge in [-0.1, -0.05) is 6.92 Å². The molecule has 0 saturated heterocycles. The van der Waals surface area contributed by atoms with Crippen LogP contribution >= 0.6 is 0 Å². The van der Waals surface area contributed by atoms with Crippen LogP contribution in [-0.2, 0) is 0 Å². The predicted molar refractivity (Wildman–Crippen MR) is 71.7 cm³/mol. The van der Waals surface area contributed by atoms with E-state index in [2.05, 4.69) is 31.0 Å². The lowest BCUT2D eigenvalue weighted by Crippen LogP contribution is -2.09. The molecule has 0 bridgehead atoms. The highest BCUT2D eigenvalue weighted by molar-refractivity contribution is 5.86. The van der Waals surface area contributed by atoms with E-state index < -0.39 is 0 Å². The SMILES string of the molecule is CCOc1ccc2[nH]c(C)c(C(C)CN)c2c1. The predicted octanol–water partition coefficient (Wildman–Crippen LogP) is 2.94. The highest BCUT2D eigenvalue weighted by Crippen LogP contribution is 2.31. The second kappa shape index (κ2) is 4.80. The summed E-state index contributed by atoms with van der Waals surface area (Å²) in [6, 6.07) is 6.17. The van der Waals surface area contributed by atoms with Gasteiger partial charge in [0.15, 0.2) is 0 Å². The molecule has 3 nitrogen and oxygen atoms in total. The van der Waals surface area contributed by atoms with Crippen LogP contribution in [0, 0.1) is 6.92 Å². The zero-order chi connectivity index (χ0) is 12.4. The molecule has 2 rings (SSSR count). The fraction of sp³-hybridized carbons (Fsp3) is 0.429. The van der Waals surface area contributed by atoms with E-state index in [1.54, 1.807) is 0 Å². The van der Waals surface area contributed by atoms with Crippen molar-refractivity contribution in [3.8, 4) is 5.75 Å². The molecule has 0 amide bonds. The fourth-order valence-electron chi connectivity index (χ4n) is 2.34. The number of aromatic nitrogens is 1. The minimum Gasteiger partial charge on any atom is -0.494 e. The van der Waals surface area contributed by atoms with E-state index >= 15 is 0 Å². The van der Waals surface area contributed by atoms with Gasteiger partial charge < -0.3 is 15.5 Å². The van der Waals surface area contributed by atoms with Gasteiger partial charge in [-0.2, -0.15) is 0 Å². The smallest absolute Gasteiger partial charge is 0.120 e. The Kier molecular flexibility index (Phi) is 3.38. The number of aromatic amines is 1. The van der Waals surface area contributed by atoms with Gasteiger partial charge in [-0.3, -0.25) is 0 Å². The van der Waals surface area contributed by atoms with Crippen LogP contribution in [0.15, 0.2) is 18.2 Å². The van der Waals surface area contributed by atoms with Crippen LogP contribution in [-0.4, -0.2) is 18.1 Å². The molecule has 92 valence electrons. The Labute approximate surface area is 102 Å². The molecular formula is C14H20N2O. The minimum absolute atomic E-state index is 0.362. The van der Waals surface area contributed by atoms with Crippen LogP contribution in [0.2, 0.25) is 0 Å². The van der Waals surface area contributed by atoms with Crippen molar-refractivity contribution in [3.05, 3.63) is 29.5 Å². The van der Waals surface area contributed by atoms with Gasteiger partial charge >= 0.3 is 0 Å². The summed E-state index contributed by atoms with van der Waals surface area (Å²) in [6.45, 7) is 7.60. The highest BCUT2D eigenvalue weighted by Gasteiger charge is 2.14. The van der Waals surface area contributed by atoms with Crippen LogP contribution in [0.4, 0.5) is 0 Å². The number of fused-ring (bicyclic) bond motifs is 1. The molecule has 0 fully saturated rings. The second-order valence-electron chi connectivity index (χ2n) is 4.44. The normalized spacial score (nSPS) is 12.9. The summed E-state index contributed by atoms with van der Waals surface area (Å²) in [7, 11) is 0. The van der Waals surface area contributed by atoms with Gasteiger partial charge in [-0.25, -0.2) is 0 Å². The standard InChI is InChI=1S/C14H20N2O/c1-4-17-11-5-6-13-12(7-11)14(9(2)8-15)10(3)16-13/h5-7,9,16H,4,8,15H2,1-3H3. The molecule has 0 aliphatic carbocycles. The number of hydrogen-bond donors (Lipinski definition) is 2. The van der Waals surface area contributed by atoms with Crippen LogP contribution < -0.4 is 10.5 Å². The van der Waals surface area contributed by atoms with E-state index in [9.17, 15) is 0 Å². The van der Waals surface area contributed by atoms with Gasteiger partial charge in [0.1, 0.15) is 5.75 Å². The summed E-state index contributed by atoms with van der Waals surface area (Å²) in [6.07, 6.45) is 0. The fourth-order valence-corrected chi connectivity index (χ4v) is 2.34. The Morgan fingerprint density at radius 2 is 2.18 bits per heavy atom. The third-order valence-corrected chi connectivity index (χ3v) is 3.16. The molecule has 0 radical (unpaired) electrons. The first-order valence-electron chi connectivity index (χ1n) is 6.12. The Morgan fingerprint density at radius 3 is 2.82 bits per heavy atom. The molecule has 1 unspecified atom stereocenters. The maximum absolute atomic E-state index is 5.77. The van der Waals surface area contributed by atoms with Gasteiger partial charge in [0.2, 0.25) is 0 Å². The van der Waals surface area contributed by atoms with Crippen LogP contribution in [0.3, 0.4) is 0 Å². The van der Waals surface area contributed by atoms with Crippen molar-refractivity contribution >= 4 is 10.9 Å². The topological polar surface area (TPSA) is 51.0 Å². The molecule has 1 aromatic carbocycles. The quantitative estimate of drug-likeness (QED) is 0.851. The zero-order valence-electron chi connectivity index (χ0n) is 10.7. The van der Waals surface area contributed by atoms with Crippen molar-refractivity contribution in [2.45, 2.75) is 26.7 Å². The Hall–Kier alpha value is -1.48. The number of hydrogen-bond acceptors (Lipinski definition) is 2. The largest absolute Gasteiger partial charge is 0.494 e. The van der Waals surface area contributed by atoms with Crippen LogP contribution in [0.25, 0.3) is 10.9 Å². The number of ether oxygens (including phenoxy) is 1. The summed E-state index contributed by atoms with van der Waals surface area (Å²) in [5.41, 5.74) is 9.44. The molecule has 3 heteroatoms. The third-order valence-electron chi connectivity index (χ3n) is 3.16. The monoisotopic (exact) mass is 232 g/mol. The number of nitrogens with two attached hydrogens (primary N) is 1. The average Bonchev–Trinajstić information content (AvgIpc) is 2.64. The van der Waals surface area contributed by atoms with E-state index in [-0.39, 0.29) is 0 Å². The summed E-state index contributed by atoms with van der Waals surface area (Å²) in [5.74, 6) is 1.28. The summed E-state index contributed by atoms with van der Waals surface area (Å²) in [4.78, 5) is 3.40. The molecule has 3 N–H and O–H groups in total. The molecule has 2 aromatic rings. The highest BCUT2D eigenvalue weighted by atomic mass is 16.5. The third kappa shape index (κ3) is 2.15. The van der Waals surface area contributed by atoms with Crippen molar-refractivity contribution in [2.24, 2.45) is 5.73 Å². The van der Waals surface area contributed by atoms with Gasteiger partial charge in [0.05, 0.1) is 6.61 Å². The second-order valence-corrected chi connectivity index (χ2v) is 4.44. The maximum atomic E-state index is 5.77. The van der Waals surface area contributed by atoms with Crippen molar-refractivity contribution in [3.63, 3.8) is 0 Å². The van der Waals surface area contributed by atoms with Crippen molar-refractivity contribution < 1.29 is 4.74 Å². The summed E-state index contributed by atoms with van der Waals surface area (Å²) >= 11 is 0. The van der Waals surface area contributed by atoms with E-state index in [4.69, 9.17) is 10.5 Å². The molecule has 0 aliphatic heterocycles. The van der Waals surface area contributed by atoms with Gasteiger partial charge in [0, 0.05) is 16.6 Å². The molecule has 0 saturated carbocycles. The zero-order valence-corrected chi connectivity index (χ0v) is 10.7. The van der Waals surface area contributed by atoms with E-state index in [0.717, 1.165) is 11.3 Å². The van der Waals surface area contributed by atoms with Crippen molar-refractivity contribution in [1.29, 1.82) is 0 Å². The van der Waals surface area contributed by atoms with E-state index in [0.29, 0.717) is 19.1 Å². The van der Waals surface area contributed by atoms with Gasteiger partial charge in [-0.05, 0) is 50.1 Å². The first kappa shape index (κ1) is 12.0. The minimum atomic E-state index is 0.362. The number of nitrogens with one attached hydrogen (secondary N) is 1. The van der Waals surface area contributed by atoms with Gasteiger partial charge in [0.25, 0.3) is 0 Å². The molecule has 0 aliphatic rings. The van der Waals surface area contributed by atoms with E-state index in [1.807, 2.05) is 13.0 Å². The van der Waals surface area contributed by atoms with Crippen molar-refractivity contribution in [2.75, 3.05) is 13.2 Å². The number of aryl methyl sites for hydroxylation is 1. The molecule has 17 heavy (non-hydrogen) atoms. The van der Waals surface area contributed by atoms with Crippen LogP contribution in [0.5, 0.6) is 5.75 Å². The maximum Gasteiger partial charge on any atom is 0.120 e. The molecular weight excluding hydrogens is 212 g/mol. The summed E-state index contributed by atoms with van der Waals surface area (Å²) in [5, 5.41) is 1.23. The lowest BCUT2D eigenvalue weighted by Gasteiger charge is -2.09. The van der Waals surface area contributed by atoms with E-state index in [1.165, 1.54) is 16.6 Å².